The third-order valence-corrected chi connectivity index (χ3v) is 5.02. The minimum atomic E-state index is -0.388. The fraction of sp³-hybridized carbons (Fsp3) is 0.150. The highest BCUT2D eigenvalue weighted by atomic mass is 35.5. The molecule has 3 aromatic heterocycles. The van der Waals surface area contributed by atoms with Crippen LogP contribution in [0.5, 0.6) is 0 Å². The lowest BCUT2D eigenvalue weighted by atomic mass is 10.0. The Balaban J connectivity index is 1.56. The number of fused-ring (bicyclic) bond motifs is 1. The Morgan fingerprint density at radius 2 is 1.96 bits per heavy atom. The maximum Gasteiger partial charge on any atom is 0.132 e. The van der Waals surface area contributed by atoms with Gasteiger partial charge >= 0.3 is 0 Å². The predicted molar refractivity (Wildman–Crippen MR) is 108 cm³/mol. The van der Waals surface area contributed by atoms with Crippen LogP contribution >= 0.6 is 11.6 Å². The molecule has 1 aromatic carbocycles. The summed E-state index contributed by atoms with van der Waals surface area (Å²) in [5, 5.41) is 14.1. The van der Waals surface area contributed by atoms with E-state index in [-0.39, 0.29) is 5.82 Å². The zero-order chi connectivity index (χ0) is 19.1. The Labute approximate surface area is 165 Å². The average Bonchev–Trinajstić information content (AvgIpc) is 3.15. The molecule has 4 heterocycles. The third kappa shape index (κ3) is 3.08. The summed E-state index contributed by atoms with van der Waals surface area (Å²) in [6.45, 7) is 1.88. The van der Waals surface area contributed by atoms with E-state index in [9.17, 15) is 4.39 Å². The Bertz CT molecular complexity index is 1170. The fourth-order valence-corrected chi connectivity index (χ4v) is 3.40. The van der Waals surface area contributed by atoms with Gasteiger partial charge in [-0.2, -0.15) is 5.10 Å². The molecule has 6 nitrogen and oxygen atoms in total. The molecule has 3 N–H and O–H groups in total. The van der Waals surface area contributed by atoms with Gasteiger partial charge in [-0.1, -0.05) is 11.6 Å². The molecule has 1 saturated heterocycles. The van der Waals surface area contributed by atoms with Crippen molar-refractivity contribution in [1.29, 1.82) is 0 Å². The van der Waals surface area contributed by atoms with Crippen molar-refractivity contribution >= 4 is 28.3 Å². The molecule has 4 aromatic rings. The van der Waals surface area contributed by atoms with Gasteiger partial charge in [-0.05, 0) is 36.4 Å². The van der Waals surface area contributed by atoms with Crippen molar-refractivity contribution in [3.8, 4) is 22.5 Å². The SMILES string of the molecule is Fc1ccc(Cl)cc1-c1n[nH]cc1-c1ccc2ncc(NC3CNC3)cc2n1. The number of pyridine rings is 2. The van der Waals surface area contributed by atoms with Gasteiger partial charge in [-0.15, -0.1) is 0 Å². The van der Waals surface area contributed by atoms with E-state index >= 15 is 0 Å². The Morgan fingerprint density at radius 3 is 2.79 bits per heavy atom. The van der Waals surface area contributed by atoms with Crippen LogP contribution in [0, 0.1) is 5.82 Å². The van der Waals surface area contributed by atoms with Crippen LogP contribution in [0.4, 0.5) is 10.1 Å². The third-order valence-electron chi connectivity index (χ3n) is 4.79. The van der Waals surface area contributed by atoms with E-state index in [2.05, 4.69) is 25.8 Å². The van der Waals surface area contributed by atoms with Crippen LogP contribution < -0.4 is 10.6 Å². The lowest BCUT2D eigenvalue weighted by molar-refractivity contribution is 0.472. The first-order valence-corrected chi connectivity index (χ1v) is 9.29. The van der Waals surface area contributed by atoms with E-state index in [0.717, 1.165) is 29.8 Å². The van der Waals surface area contributed by atoms with Gasteiger partial charge in [0.05, 0.1) is 34.7 Å². The number of hydrogen-bond donors (Lipinski definition) is 3. The number of aromatic amines is 1. The van der Waals surface area contributed by atoms with Gasteiger partial charge in [-0.25, -0.2) is 9.37 Å². The Hall–Kier alpha value is -3.03. The number of aromatic nitrogens is 4. The highest BCUT2D eigenvalue weighted by Crippen LogP contribution is 2.33. The number of nitrogens with zero attached hydrogens (tertiary/aromatic N) is 3. The van der Waals surface area contributed by atoms with Crippen LogP contribution in [0.2, 0.25) is 5.02 Å². The summed E-state index contributed by atoms with van der Waals surface area (Å²) in [7, 11) is 0. The van der Waals surface area contributed by atoms with Gasteiger partial charge in [0, 0.05) is 35.4 Å². The molecule has 5 rings (SSSR count). The second-order valence-corrected chi connectivity index (χ2v) is 7.17. The highest BCUT2D eigenvalue weighted by Gasteiger charge is 2.18. The Kier molecular flexibility index (Phi) is 4.18. The van der Waals surface area contributed by atoms with E-state index < -0.39 is 0 Å². The van der Waals surface area contributed by atoms with Crippen LogP contribution in [0.1, 0.15) is 0 Å². The number of anilines is 1. The van der Waals surface area contributed by atoms with Crippen molar-refractivity contribution in [3.63, 3.8) is 0 Å². The molecule has 0 aliphatic carbocycles. The first-order valence-electron chi connectivity index (χ1n) is 8.91. The van der Waals surface area contributed by atoms with Gasteiger partial charge in [-0.3, -0.25) is 10.1 Å². The number of nitrogens with one attached hydrogen (secondary N) is 3. The van der Waals surface area contributed by atoms with Gasteiger partial charge in [0.25, 0.3) is 0 Å². The fourth-order valence-electron chi connectivity index (χ4n) is 3.23. The standard InChI is InChI=1S/C20H16ClFN6/c21-11-1-2-16(22)14(5-11)20-15(10-25-28-20)17-3-4-18-19(27-17)6-12(9-24-18)26-13-7-23-8-13/h1-6,9-10,13,23,26H,7-8H2,(H,25,28). The minimum absolute atomic E-state index is 0.330. The van der Waals surface area contributed by atoms with Crippen molar-refractivity contribution in [2.75, 3.05) is 18.4 Å². The van der Waals surface area contributed by atoms with E-state index in [1.165, 1.54) is 12.1 Å². The van der Waals surface area contributed by atoms with E-state index in [4.69, 9.17) is 16.6 Å². The molecular formula is C20H16ClFN6. The van der Waals surface area contributed by atoms with Crippen LogP contribution in [-0.4, -0.2) is 39.3 Å². The second-order valence-electron chi connectivity index (χ2n) is 6.73. The summed E-state index contributed by atoms with van der Waals surface area (Å²) < 4.78 is 14.3. The van der Waals surface area contributed by atoms with Crippen LogP contribution in [-0.2, 0) is 0 Å². The summed E-state index contributed by atoms with van der Waals surface area (Å²) in [6, 6.07) is 10.6. The smallest absolute Gasteiger partial charge is 0.132 e. The van der Waals surface area contributed by atoms with Crippen molar-refractivity contribution < 1.29 is 4.39 Å². The summed E-state index contributed by atoms with van der Waals surface area (Å²) in [5.74, 6) is -0.388. The number of halogens is 2. The van der Waals surface area contributed by atoms with Gasteiger partial charge in [0.2, 0.25) is 0 Å². The lowest BCUT2D eigenvalue weighted by Crippen LogP contribution is -2.51. The molecule has 0 atom stereocenters. The quantitative estimate of drug-likeness (QED) is 0.490. The molecule has 0 unspecified atom stereocenters. The normalized spacial score (nSPS) is 14.2. The van der Waals surface area contributed by atoms with Crippen molar-refractivity contribution in [2.24, 2.45) is 0 Å². The largest absolute Gasteiger partial charge is 0.378 e. The molecule has 0 amide bonds. The second kappa shape index (κ2) is 6.85. The van der Waals surface area contributed by atoms with E-state index in [0.29, 0.717) is 33.6 Å². The lowest BCUT2D eigenvalue weighted by Gasteiger charge is -2.28. The molecule has 0 bridgehead atoms. The summed E-state index contributed by atoms with van der Waals surface area (Å²) >= 11 is 6.05. The zero-order valence-electron chi connectivity index (χ0n) is 14.7. The first-order chi connectivity index (χ1) is 13.7. The number of hydrogen-bond acceptors (Lipinski definition) is 5. The maximum atomic E-state index is 14.3. The van der Waals surface area contributed by atoms with E-state index in [1.807, 2.05) is 24.4 Å². The minimum Gasteiger partial charge on any atom is -0.378 e. The van der Waals surface area contributed by atoms with Crippen LogP contribution in [0.25, 0.3) is 33.5 Å². The number of H-pyrrole nitrogens is 1. The molecule has 1 aliphatic heterocycles. The molecule has 0 radical (unpaired) electrons. The molecule has 28 heavy (non-hydrogen) atoms. The van der Waals surface area contributed by atoms with Crippen LogP contribution in [0.3, 0.4) is 0 Å². The number of rotatable bonds is 4. The van der Waals surface area contributed by atoms with Gasteiger partial charge in [0.1, 0.15) is 11.5 Å². The van der Waals surface area contributed by atoms with Crippen molar-refractivity contribution in [1.82, 2.24) is 25.5 Å². The van der Waals surface area contributed by atoms with Gasteiger partial charge in [0.15, 0.2) is 0 Å². The van der Waals surface area contributed by atoms with Crippen molar-refractivity contribution in [2.45, 2.75) is 6.04 Å². The zero-order valence-corrected chi connectivity index (χ0v) is 15.5. The monoisotopic (exact) mass is 394 g/mol. The summed E-state index contributed by atoms with van der Waals surface area (Å²) in [5.41, 5.74) is 4.65. The predicted octanol–water partition coefficient (Wildman–Crippen LogP) is 3.86. The molecule has 140 valence electrons. The average molecular weight is 395 g/mol. The van der Waals surface area contributed by atoms with Gasteiger partial charge < -0.3 is 10.6 Å². The highest BCUT2D eigenvalue weighted by molar-refractivity contribution is 6.30. The van der Waals surface area contributed by atoms with Crippen molar-refractivity contribution in [3.05, 3.63) is 59.6 Å². The first kappa shape index (κ1) is 17.1. The number of benzene rings is 1. The Morgan fingerprint density at radius 1 is 1.07 bits per heavy atom. The molecule has 1 aliphatic rings. The van der Waals surface area contributed by atoms with Crippen LogP contribution in [0.15, 0.2) is 48.8 Å². The molecular weight excluding hydrogens is 379 g/mol. The van der Waals surface area contributed by atoms with E-state index in [1.54, 1.807) is 12.3 Å². The molecule has 0 spiro atoms. The molecule has 0 saturated carbocycles. The summed E-state index contributed by atoms with van der Waals surface area (Å²) in [6.07, 6.45) is 3.52. The molecule has 8 heteroatoms. The molecule has 1 fully saturated rings. The summed E-state index contributed by atoms with van der Waals surface area (Å²) in [4.78, 5) is 9.21. The topological polar surface area (TPSA) is 78.5 Å². The maximum absolute atomic E-state index is 14.3.